The molecule has 1 aliphatic rings. The van der Waals surface area contributed by atoms with Crippen molar-refractivity contribution in [2.45, 2.75) is 26.8 Å². The van der Waals surface area contributed by atoms with Crippen LogP contribution in [0.15, 0.2) is 78.4 Å². The molecule has 1 fully saturated rings. The minimum Gasteiger partial charge on any atom is -0.507 e. The fraction of sp³-hybridized carbons (Fsp3) is 0.233. The van der Waals surface area contributed by atoms with Crippen LogP contribution < -0.4 is 19.1 Å². The molecule has 3 aromatic carbocycles. The van der Waals surface area contributed by atoms with Gasteiger partial charge in [-0.1, -0.05) is 44.2 Å². The summed E-state index contributed by atoms with van der Waals surface area (Å²) < 4.78 is 16.2. The smallest absolute Gasteiger partial charge is 0.308 e. The first-order chi connectivity index (χ1) is 18.2. The van der Waals surface area contributed by atoms with Crippen LogP contribution in [0.5, 0.6) is 17.2 Å². The van der Waals surface area contributed by atoms with Gasteiger partial charge in [-0.15, -0.1) is 0 Å². The molecule has 1 atom stereocenters. The standard InChI is InChI=1S/C30H29NO7/c1-18(2)17-37-25-10-5-7-21(15-25)28(33)26-27(20-11-13-23(14-12-20)38-19(3)32)31(30(35)29(26)34)22-8-6-9-24(16-22)36-4/h5-16,18,27,33H,17H2,1-4H3/b28-26+. The van der Waals surface area contributed by atoms with E-state index < -0.39 is 23.7 Å². The third kappa shape index (κ3) is 5.54. The van der Waals surface area contributed by atoms with Crippen molar-refractivity contribution in [3.05, 3.63) is 89.5 Å². The molecular weight excluding hydrogens is 486 g/mol. The van der Waals surface area contributed by atoms with Crippen LogP contribution in [0.3, 0.4) is 0 Å². The summed E-state index contributed by atoms with van der Waals surface area (Å²) in [7, 11) is 1.51. The van der Waals surface area contributed by atoms with Crippen LogP contribution in [0.25, 0.3) is 5.76 Å². The molecule has 1 unspecified atom stereocenters. The molecule has 0 radical (unpaired) electrons. The molecule has 0 aromatic heterocycles. The van der Waals surface area contributed by atoms with E-state index in [1.165, 1.54) is 18.9 Å². The van der Waals surface area contributed by atoms with E-state index in [-0.39, 0.29) is 11.3 Å². The van der Waals surface area contributed by atoms with Crippen LogP contribution in [0.2, 0.25) is 0 Å². The van der Waals surface area contributed by atoms with Gasteiger partial charge >= 0.3 is 5.97 Å². The summed E-state index contributed by atoms with van der Waals surface area (Å²) in [4.78, 5) is 39.5. The van der Waals surface area contributed by atoms with Gasteiger partial charge < -0.3 is 19.3 Å². The second kappa shape index (κ2) is 11.2. The second-order valence-corrected chi connectivity index (χ2v) is 9.27. The van der Waals surface area contributed by atoms with Crippen LogP contribution in [-0.2, 0) is 14.4 Å². The van der Waals surface area contributed by atoms with Gasteiger partial charge in [-0.3, -0.25) is 19.3 Å². The highest BCUT2D eigenvalue weighted by atomic mass is 16.5. The number of ketones is 1. The Morgan fingerprint density at radius 2 is 1.63 bits per heavy atom. The highest BCUT2D eigenvalue weighted by Crippen LogP contribution is 2.43. The first-order valence-corrected chi connectivity index (χ1v) is 12.2. The highest BCUT2D eigenvalue weighted by molar-refractivity contribution is 6.51. The van der Waals surface area contributed by atoms with Crippen molar-refractivity contribution < 1.29 is 33.7 Å². The number of anilines is 1. The normalized spacial score (nSPS) is 16.6. The lowest BCUT2D eigenvalue weighted by atomic mass is 9.95. The third-order valence-corrected chi connectivity index (χ3v) is 5.92. The van der Waals surface area contributed by atoms with Gasteiger partial charge in [0.2, 0.25) is 0 Å². The first-order valence-electron chi connectivity index (χ1n) is 12.2. The van der Waals surface area contributed by atoms with E-state index in [9.17, 15) is 19.5 Å². The van der Waals surface area contributed by atoms with Crippen molar-refractivity contribution in [1.82, 2.24) is 0 Å². The summed E-state index contributed by atoms with van der Waals surface area (Å²) >= 11 is 0. The fourth-order valence-electron chi connectivity index (χ4n) is 4.21. The molecule has 0 saturated carbocycles. The van der Waals surface area contributed by atoms with Crippen molar-refractivity contribution in [2.24, 2.45) is 5.92 Å². The van der Waals surface area contributed by atoms with Crippen molar-refractivity contribution in [2.75, 3.05) is 18.6 Å². The molecule has 1 amide bonds. The van der Waals surface area contributed by atoms with E-state index >= 15 is 0 Å². The Labute approximate surface area is 221 Å². The number of carbonyl (C=O) groups is 3. The molecule has 196 valence electrons. The minimum atomic E-state index is -0.950. The maximum absolute atomic E-state index is 13.4. The largest absolute Gasteiger partial charge is 0.507 e. The van der Waals surface area contributed by atoms with Crippen molar-refractivity contribution >= 4 is 29.1 Å². The van der Waals surface area contributed by atoms with Gasteiger partial charge in [0, 0.05) is 24.2 Å². The summed E-state index contributed by atoms with van der Waals surface area (Å²) in [6.45, 7) is 5.83. The predicted molar refractivity (Wildman–Crippen MR) is 142 cm³/mol. The number of aliphatic hydroxyl groups is 1. The number of ether oxygens (including phenoxy) is 3. The van der Waals surface area contributed by atoms with Crippen LogP contribution in [0.1, 0.15) is 37.9 Å². The number of aliphatic hydroxyl groups excluding tert-OH is 1. The molecule has 1 aliphatic heterocycles. The Morgan fingerprint density at radius 3 is 2.29 bits per heavy atom. The second-order valence-electron chi connectivity index (χ2n) is 9.27. The van der Waals surface area contributed by atoms with Crippen LogP contribution >= 0.6 is 0 Å². The number of carbonyl (C=O) groups excluding carboxylic acids is 3. The van der Waals surface area contributed by atoms with Crippen LogP contribution in [0, 0.1) is 5.92 Å². The summed E-state index contributed by atoms with van der Waals surface area (Å²) in [5, 5.41) is 11.4. The monoisotopic (exact) mass is 515 g/mol. The average molecular weight is 516 g/mol. The van der Waals surface area contributed by atoms with Gasteiger partial charge in [-0.25, -0.2) is 0 Å². The lowest BCUT2D eigenvalue weighted by Crippen LogP contribution is -2.29. The topological polar surface area (TPSA) is 102 Å². The Kier molecular flexibility index (Phi) is 7.81. The number of rotatable bonds is 8. The van der Waals surface area contributed by atoms with Crippen LogP contribution in [0.4, 0.5) is 5.69 Å². The van der Waals surface area contributed by atoms with Crippen molar-refractivity contribution in [3.8, 4) is 17.2 Å². The number of esters is 1. The zero-order chi connectivity index (χ0) is 27.4. The minimum absolute atomic E-state index is 0.0703. The molecule has 8 nitrogen and oxygen atoms in total. The first kappa shape index (κ1) is 26.5. The molecule has 0 spiro atoms. The molecule has 1 heterocycles. The summed E-state index contributed by atoms with van der Waals surface area (Å²) in [5.74, 6) is -0.757. The Hall–Kier alpha value is -4.59. The van der Waals surface area contributed by atoms with Gasteiger partial charge in [-0.05, 0) is 47.9 Å². The zero-order valence-corrected chi connectivity index (χ0v) is 21.6. The summed E-state index contributed by atoms with van der Waals surface area (Å²) in [6.07, 6.45) is 0. The lowest BCUT2D eigenvalue weighted by Gasteiger charge is -2.26. The van der Waals surface area contributed by atoms with E-state index in [0.717, 1.165) is 0 Å². The van der Waals surface area contributed by atoms with Gasteiger partial charge in [0.1, 0.15) is 23.0 Å². The molecule has 38 heavy (non-hydrogen) atoms. The number of hydrogen-bond donors (Lipinski definition) is 1. The quantitative estimate of drug-likeness (QED) is 0.143. The molecule has 0 aliphatic carbocycles. The molecule has 1 saturated heterocycles. The van der Waals surface area contributed by atoms with Crippen LogP contribution in [-0.4, -0.2) is 36.5 Å². The average Bonchev–Trinajstić information content (AvgIpc) is 3.17. The molecule has 1 N–H and O–H groups in total. The molecule has 3 aromatic rings. The van der Waals surface area contributed by atoms with E-state index in [1.54, 1.807) is 72.8 Å². The molecule has 0 bridgehead atoms. The van der Waals surface area contributed by atoms with E-state index in [2.05, 4.69) is 0 Å². The van der Waals surface area contributed by atoms with Gasteiger partial charge in [0.15, 0.2) is 0 Å². The number of hydrogen-bond acceptors (Lipinski definition) is 7. The maximum Gasteiger partial charge on any atom is 0.308 e. The lowest BCUT2D eigenvalue weighted by molar-refractivity contribution is -0.132. The highest BCUT2D eigenvalue weighted by Gasteiger charge is 2.47. The zero-order valence-electron chi connectivity index (χ0n) is 21.6. The van der Waals surface area contributed by atoms with Gasteiger partial charge in [0.05, 0.1) is 25.3 Å². The Morgan fingerprint density at radius 1 is 0.947 bits per heavy atom. The van der Waals surface area contributed by atoms with Gasteiger partial charge in [0.25, 0.3) is 11.7 Å². The number of benzene rings is 3. The SMILES string of the molecule is COc1cccc(N2C(=O)C(=O)/C(=C(/O)c3cccc(OCC(C)C)c3)C2c2ccc(OC(C)=O)cc2)c1. The van der Waals surface area contributed by atoms with E-state index in [0.29, 0.717) is 46.6 Å². The summed E-state index contributed by atoms with van der Waals surface area (Å²) in [5.41, 5.74) is 1.24. The van der Waals surface area contributed by atoms with E-state index in [4.69, 9.17) is 14.2 Å². The summed E-state index contributed by atoms with van der Waals surface area (Å²) in [6, 6.07) is 19.0. The van der Waals surface area contributed by atoms with Crippen molar-refractivity contribution in [3.63, 3.8) is 0 Å². The number of Topliss-reactive ketones (excluding diaryl/α,β-unsaturated/α-hetero) is 1. The molecule has 4 rings (SSSR count). The fourth-order valence-corrected chi connectivity index (χ4v) is 4.21. The molecular formula is C30H29NO7. The Bertz CT molecular complexity index is 1390. The molecule has 8 heteroatoms. The number of amides is 1. The van der Waals surface area contributed by atoms with Crippen molar-refractivity contribution in [1.29, 1.82) is 0 Å². The van der Waals surface area contributed by atoms with E-state index in [1.807, 2.05) is 13.8 Å². The number of nitrogens with zero attached hydrogens (tertiary/aromatic N) is 1. The van der Waals surface area contributed by atoms with Gasteiger partial charge in [-0.2, -0.15) is 0 Å². The predicted octanol–water partition coefficient (Wildman–Crippen LogP) is 5.28. The Balaban J connectivity index is 1.85. The third-order valence-electron chi connectivity index (χ3n) is 5.92. The number of methoxy groups -OCH3 is 1. The maximum atomic E-state index is 13.4.